The van der Waals surface area contributed by atoms with Gasteiger partial charge in [0.2, 0.25) is 0 Å². The summed E-state index contributed by atoms with van der Waals surface area (Å²) >= 11 is 0. The van der Waals surface area contributed by atoms with E-state index >= 15 is 0 Å². The Morgan fingerprint density at radius 3 is 2.64 bits per heavy atom. The van der Waals surface area contributed by atoms with Crippen molar-refractivity contribution in [3.8, 4) is 11.3 Å². The first kappa shape index (κ1) is 17.6. The Balaban J connectivity index is 1.66. The lowest BCUT2D eigenvalue weighted by molar-refractivity contribution is -0.143. The molecule has 0 unspecified atom stereocenters. The van der Waals surface area contributed by atoms with E-state index in [-0.39, 0.29) is 0 Å². The number of carboxylic acid groups (broad SMARTS) is 1. The molecule has 1 fully saturated rings. The zero-order chi connectivity index (χ0) is 17.6. The molecule has 0 radical (unpaired) electrons. The fourth-order valence-corrected chi connectivity index (χ4v) is 3.10. The van der Waals surface area contributed by atoms with Crippen LogP contribution in [0.4, 0.5) is 0 Å². The maximum absolute atomic E-state index is 11.8. The van der Waals surface area contributed by atoms with Crippen molar-refractivity contribution in [1.82, 2.24) is 20.0 Å². The summed E-state index contributed by atoms with van der Waals surface area (Å²) in [5, 5.41) is 16.5. The molecule has 2 N–H and O–H groups in total. The third-order valence-electron chi connectivity index (χ3n) is 4.59. The third-order valence-corrected chi connectivity index (χ3v) is 4.59. The van der Waals surface area contributed by atoms with Crippen LogP contribution in [0, 0.1) is 0 Å². The minimum atomic E-state index is -0.834. The summed E-state index contributed by atoms with van der Waals surface area (Å²) in [6.45, 7) is 4.85. The van der Waals surface area contributed by atoms with Crippen LogP contribution >= 0.6 is 0 Å². The van der Waals surface area contributed by atoms with Gasteiger partial charge in [-0.15, -0.1) is 0 Å². The van der Waals surface area contributed by atoms with Gasteiger partial charge in [-0.3, -0.25) is 19.7 Å². The Morgan fingerprint density at radius 1 is 1.32 bits per heavy atom. The van der Waals surface area contributed by atoms with Crippen LogP contribution in [-0.2, 0) is 9.53 Å². The molecule has 0 aliphatic carbocycles. The maximum atomic E-state index is 11.8. The predicted molar refractivity (Wildman–Crippen MR) is 94.3 cm³/mol. The van der Waals surface area contributed by atoms with Gasteiger partial charge in [0.25, 0.3) is 0 Å². The fraction of sp³-hybridized carbons (Fsp3) is 0.444. The van der Waals surface area contributed by atoms with E-state index in [1.165, 1.54) is 0 Å². The molecular weight excluding hydrogens is 320 g/mol. The second kappa shape index (κ2) is 8.24. The molecule has 7 heteroatoms. The number of aromatic nitrogens is 2. The lowest BCUT2D eigenvalue weighted by Crippen LogP contribution is -2.42. The van der Waals surface area contributed by atoms with Crippen molar-refractivity contribution in [2.45, 2.75) is 6.04 Å². The molecular formula is C18H24N4O3. The Labute approximate surface area is 147 Å². The molecule has 25 heavy (non-hydrogen) atoms. The second-order valence-corrected chi connectivity index (χ2v) is 6.27. The van der Waals surface area contributed by atoms with Crippen molar-refractivity contribution in [1.29, 1.82) is 0 Å². The highest BCUT2D eigenvalue weighted by atomic mass is 16.5. The number of H-pyrrole nitrogens is 1. The summed E-state index contributed by atoms with van der Waals surface area (Å²) in [6, 6.07) is 8.83. The summed E-state index contributed by atoms with van der Waals surface area (Å²) in [4.78, 5) is 16.0. The highest BCUT2D eigenvalue weighted by Gasteiger charge is 2.25. The topological polar surface area (TPSA) is 81.7 Å². The van der Waals surface area contributed by atoms with Crippen LogP contribution in [0.15, 0.2) is 36.5 Å². The molecule has 134 valence electrons. The molecule has 1 saturated heterocycles. The number of hydrogen-bond donors (Lipinski definition) is 2. The van der Waals surface area contributed by atoms with E-state index < -0.39 is 12.0 Å². The number of morpholine rings is 1. The van der Waals surface area contributed by atoms with Crippen molar-refractivity contribution in [3.05, 3.63) is 42.1 Å². The minimum Gasteiger partial charge on any atom is -0.480 e. The third kappa shape index (κ3) is 4.45. The number of nitrogens with one attached hydrogen (secondary N) is 1. The molecule has 7 nitrogen and oxygen atoms in total. The van der Waals surface area contributed by atoms with E-state index in [1.807, 2.05) is 42.3 Å². The van der Waals surface area contributed by atoms with Gasteiger partial charge in [0, 0.05) is 32.4 Å². The maximum Gasteiger partial charge on any atom is 0.325 e. The lowest BCUT2D eigenvalue weighted by Gasteiger charge is -2.30. The SMILES string of the molecule is CN(CCN1CCOCC1)[C@H](C(=O)O)c1ccc(-c2ccn[nH]2)cc1. The van der Waals surface area contributed by atoms with Crippen LogP contribution in [0.2, 0.25) is 0 Å². The van der Waals surface area contributed by atoms with Crippen LogP contribution < -0.4 is 0 Å². The van der Waals surface area contributed by atoms with Gasteiger partial charge >= 0.3 is 5.97 Å². The van der Waals surface area contributed by atoms with Gasteiger partial charge in [-0.2, -0.15) is 5.10 Å². The minimum absolute atomic E-state index is 0.656. The Bertz CT molecular complexity index is 666. The molecule has 1 aliphatic heterocycles. The van der Waals surface area contributed by atoms with Crippen LogP contribution in [0.5, 0.6) is 0 Å². The van der Waals surface area contributed by atoms with Crippen molar-refractivity contribution in [3.63, 3.8) is 0 Å². The van der Waals surface area contributed by atoms with E-state index in [0.717, 1.165) is 49.7 Å². The number of carboxylic acids is 1. The van der Waals surface area contributed by atoms with Crippen molar-refractivity contribution < 1.29 is 14.6 Å². The summed E-state index contributed by atoms with van der Waals surface area (Å²) in [5.74, 6) is -0.834. The Kier molecular flexibility index (Phi) is 5.80. The first-order chi connectivity index (χ1) is 12.1. The first-order valence-corrected chi connectivity index (χ1v) is 8.48. The molecule has 1 aromatic carbocycles. The number of ether oxygens (including phenoxy) is 1. The molecule has 0 saturated carbocycles. The summed E-state index contributed by atoms with van der Waals surface area (Å²) in [5.41, 5.74) is 2.68. The number of rotatable bonds is 7. The Hall–Kier alpha value is -2.22. The van der Waals surface area contributed by atoms with E-state index in [4.69, 9.17) is 4.74 Å². The van der Waals surface area contributed by atoms with Gasteiger partial charge in [0.05, 0.1) is 18.9 Å². The van der Waals surface area contributed by atoms with Crippen molar-refractivity contribution >= 4 is 5.97 Å². The first-order valence-electron chi connectivity index (χ1n) is 8.48. The monoisotopic (exact) mass is 344 g/mol. The van der Waals surface area contributed by atoms with Gasteiger partial charge in [0.1, 0.15) is 6.04 Å². The highest BCUT2D eigenvalue weighted by Crippen LogP contribution is 2.23. The van der Waals surface area contributed by atoms with Gasteiger partial charge in [-0.25, -0.2) is 0 Å². The summed E-state index contributed by atoms with van der Waals surface area (Å²) in [7, 11) is 1.86. The second-order valence-electron chi connectivity index (χ2n) is 6.27. The average molecular weight is 344 g/mol. The lowest BCUT2D eigenvalue weighted by atomic mass is 10.0. The average Bonchev–Trinajstić information content (AvgIpc) is 3.16. The van der Waals surface area contributed by atoms with Gasteiger partial charge in [-0.05, 0) is 24.2 Å². The number of likely N-dealkylation sites (N-methyl/N-ethyl adjacent to an activating group) is 1. The molecule has 1 aliphatic rings. The zero-order valence-corrected chi connectivity index (χ0v) is 14.4. The summed E-state index contributed by atoms with van der Waals surface area (Å²) in [6.07, 6.45) is 1.70. The van der Waals surface area contributed by atoms with Gasteiger partial charge in [-0.1, -0.05) is 24.3 Å². The zero-order valence-electron chi connectivity index (χ0n) is 14.4. The smallest absolute Gasteiger partial charge is 0.325 e. The van der Waals surface area contributed by atoms with E-state index in [1.54, 1.807) is 6.20 Å². The van der Waals surface area contributed by atoms with E-state index in [2.05, 4.69) is 15.1 Å². The fourth-order valence-electron chi connectivity index (χ4n) is 3.10. The number of aromatic amines is 1. The predicted octanol–water partition coefficient (Wildman–Crippen LogP) is 1.47. The molecule has 1 aromatic heterocycles. The normalized spacial score (nSPS) is 16.9. The van der Waals surface area contributed by atoms with E-state index in [9.17, 15) is 9.90 Å². The van der Waals surface area contributed by atoms with Gasteiger partial charge < -0.3 is 9.84 Å². The van der Waals surface area contributed by atoms with Crippen LogP contribution in [0.1, 0.15) is 11.6 Å². The molecule has 0 amide bonds. The number of benzene rings is 1. The standard InChI is InChI=1S/C18H24N4O3/c1-21(8-9-22-10-12-25-13-11-22)17(18(23)24)15-4-2-14(3-5-15)16-6-7-19-20-16/h2-7,17H,8-13H2,1H3,(H,19,20)(H,23,24)/t17-/m0/s1. The van der Waals surface area contributed by atoms with Gasteiger partial charge in [0.15, 0.2) is 0 Å². The quantitative estimate of drug-likeness (QED) is 0.791. The molecule has 2 aromatic rings. The highest BCUT2D eigenvalue weighted by molar-refractivity contribution is 5.76. The number of aliphatic carboxylic acids is 1. The van der Waals surface area contributed by atoms with Crippen LogP contribution in [0.25, 0.3) is 11.3 Å². The number of hydrogen-bond acceptors (Lipinski definition) is 5. The van der Waals surface area contributed by atoms with E-state index in [0.29, 0.717) is 6.54 Å². The van der Waals surface area contributed by atoms with Crippen molar-refractivity contribution in [2.75, 3.05) is 46.4 Å². The molecule has 3 rings (SSSR count). The van der Waals surface area contributed by atoms with Crippen molar-refractivity contribution in [2.24, 2.45) is 0 Å². The molecule has 0 spiro atoms. The Morgan fingerprint density at radius 2 is 2.04 bits per heavy atom. The molecule has 0 bridgehead atoms. The number of carbonyl (C=O) groups is 1. The largest absolute Gasteiger partial charge is 0.480 e. The van der Waals surface area contributed by atoms with Crippen LogP contribution in [0.3, 0.4) is 0 Å². The molecule has 1 atom stereocenters. The number of nitrogens with zero attached hydrogens (tertiary/aromatic N) is 3. The van der Waals surface area contributed by atoms with Crippen LogP contribution in [-0.4, -0.2) is 77.5 Å². The summed E-state index contributed by atoms with van der Waals surface area (Å²) < 4.78 is 5.35. The molecule has 2 heterocycles.